The molecule has 0 saturated heterocycles. The van der Waals surface area contributed by atoms with Gasteiger partial charge in [-0.1, -0.05) is 17.7 Å². The van der Waals surface area contributed by atoms with Crippen LogP contribution in [0.15, 0.2) is 59.5 Å². The summed E-state index contributed by atoms with van der Waals surface area (Å²) in [6.45, 7) is 0.447. The van der Waals surface area contributed by atoms with Crippen LogP contribution < -0.4 is 15.8 Å². The van der Waals surface area contributed by atoms with Gasteiger partial charge in [-0.3, -0.25) is 9.78 Å². The van der Waals surface area contributed by atoms with Gasteiger partial charge in [-0.15, -0.1) is 0 Å². The van der Waals surface area contributed by atoms with E-state index in [0.717, 1.165) is 5.56 Å². The van der Waals surface area contributed by atoms with Gasteiger partial charge < -0.3 is 25.1 Å². The number of oxazole rings is 1. The number of pyridine rings is 1. The highest BCUT2D eigenvalue weighted by Crippen LogP contribution is 2.29. The maximum atomic E-state index is 12.3. The zero-order valence-electron chi connectivity index (χ0n) is 15.9. The summed E-state index contributed by atoms with van der Waals surface area (Å²) in [7, 11) is 3.88. The minimum Gasteiger partial charge on any atom is -0.488 e. The molecule has 3 rings (SSSR count). The summed E-state index contributed by atoms with van der Waals surface area (Å²) < 4.78 is 10.5. The number of halogens is 1. The number of nitrogens with one attached hydrogen (secondary N) is 1. The predicted octanol–water partition coefficient (Wildman–Crippen LogP) is 3.68. The number of carbonyl (C=O) groups excluding carboxylic acids is 1. The molecule has 0 bridgehead atoms. The molecule has 0 unspecified atom stereocenters. The monoisotopic (exact) mass is 413 g/mol. The first-order valence-electron chi connectivity index (χ1n) is 8.66. The molecule has 3 N–H and O–H groups in total. The molecule has 9 heteroatoms. The van der Waals surface area contributed by atoms with Crippen LogP contribution in [0.25, 0.3) is 11.3 Å². The summed E-state index contributed by atoms with van der Waals surface area (Å²) in [6.07, 6.45) is 6.64. The minimum absolute atomic E-state index is 0.0620. The third-order valence-corrected chi connectivity index (χ3v) is 4.08. The van der Waals surface area contributed by atoms with Gasteiger partial charge >= 0.3 is 0 Å². The number of anilines is 2. The second-order valence-corrected chi connectivity index (χ2v) is 6.67. The number of aromatic nitrogens is 2. The van der Waals surface area contributed by atoms with Gasteiger partial charge in [0.2, 0.25) is 0 Å². The van der Waals surface area contributed by atoms with E-state index in [2.05, 4.69) is 15.3 Å². The smallest absolute Gasteiger partial charge is 0.292 e. The van der Waals surface area contributed by atoms with Crippen molar-refractivity contribution in [2.45, 2.75) is 0 Å². The van der Waals surface area contributed by atoms with E-state index in [4.69, 9.17) is 26.5 Å². The summed E-state index contributed by atoms with van der Waals surface area (Å²) in [4.78, 5) is 22.4. The van der Waals surface area contributed by atoms with Gasteiger partial charge in [-0.2, -0.15) is 4.98 Å². The lowest BCUT2D eigenvalue weighted by atomic mass is 10.1. The van der Waals surface area contributed by atoms with Crippen molar-refractivity contribution in [3.05, 3.63) is 65.8 Å². The van der Waals surface area contributed by atoms with E-state index < -0.39 is 5.91 Å². The Labute approximate surface area is 173 Å². The Balaban J connectivity index is 1.71. The second kappa shape index (κ2) is 9.11. The molecule has 0 aliphatic heterocycles. The Bertz CT molecular complexity index is 1020. The Morgan fingerprint density at radius 3 is 2.83 bits per heavy atom. The van der Waals surface area contributed by atoms with Crippen LogP contribution in [-0.4, -0.2) is 41.5 Å². The number of rotatable bonds is 7. The van der Waals surface area contributed by atoms with Crippen LogP contribution in [0.4, 0.5) is 11.7 Å². The standard InChI is InChI=1S/C20H20ClN5O3/c1-26(2)8-3-9-28-14-5-7-16(23-11-14)13-4-6-15(21)17(10-13)24-19(27)18-12-29-20(22)25-18/h3-8,10-12H,9H2,1-2H3,(H2,22,25)(H,24,27)/b8-3+. The molecule has 0 saturated carbocycles. The van der Waals surface area contributed by atoms with Crippen molar-refractivity contribution in [1.29, 1.82) is 0 Å². The Morgan fingerprint density at radius 1 is 1.34 bits per heavy atom. The molecule has 0 spiro atoms. The first-order chi connectivity index (χ1) is 13.9. The topological polar surface area (TPSA) is 107 Å². The molecule has 8 nitrogen and oxygen atoms in total. The molecule has 2 heterocycles. The number of hydrogen-bond acceptors (Lipinski definition) is 7. The Hall–Kier alpha value is -3.52. The summed E-state index contributed by atoms with van der Waals surface area (Å²) in [5, 5.41) is 3.07. The fraction of sp³-hybridized carbons (Fsp3) is 0.150. The highest BCUT2D eigenvalue weighted by molar-refractivity contribution is 6.34. The average molecular weight is 414 g/mol. The molecule has 1 amide bonds. The number of nitrogens with two attached hydrogens (primary N) is 1. The zero-order chi connectivity index (χ0) is 20.8. The molecule has 29 heavy (non-hydrogen) atoms. The summed E-state index contributed by atoms with van der Waals surface area (Å²) in [6, 6.07) is 8.80. The normalized spacial score (nSPS) is 10.9. The lowest BCUT2D eigenvalue weighted by Gasteiger charge is -2.09. The van der Waals surface area contributed by atoms with Crippen molar-refractivity contribution in [2.24, 2.45) is 0 Å². The van der Waals surface area contributed by atoms with Crippen molar-refractivity contribution in [3.63, 3.8) is 0 Å². The molecular formula is C20H20ClN5O3. The molecule has 2 aromatic heterocycles. The molecule has 0 radical (unpaired) electrons. The minimum atomic E-state index is -0.480. The van der Waals surface area contributed by atoms with Gasteiger partial charge in [0, 0.05) is 19.7 Å². The first-order valence-corrected chi connectivity index (χ1v) is 9.04. The third kappa shape index (κ3) is 5.49. The molecule has 0 aliphatic rings. The van der Waals surface area contributed by atoms with Crippen molar-refractivity contribution in [2.75, 3.05) is 31.8 Å². The predicted molar refractivity (Wildman–Crippen MR) is 112 cm³/mol. The van der Waals surface area contributed by atoms with E-state index in [0.29, 0.717) is 28.8 Å². The highest BCUT2D eigenvalue weighted by atomic mass is 35.5. The summed E-state index contributed by atoms with van der Waals surface area (Å²) >= 11 is 6.21. The van der Waals surface area contributed by atoms with E-state index >= 15 is 0 Å². The van der Waals surface area contributed by atoms with Crippen molar-refractivity contribution in [3.8, 4) is 17.0 Å². The zero-order valence-corrected chi connectivity index (χ0v) is 16.7. The number of amides is 1. The SMILES string of the molecule is CN(C)/C=C/COc1ccc(-c2ccc(Cl)c(NC(=O)c3coc(N)n3)c2)nc1. The number of nitrogens with zero attached hydrogens (tertiary/aromatic N) is 3. The van der Waals surface area contributed by atoms with Crippen LogP contribution >= 0.6 is 11.6 Å². The first kappa shape index (κ1) is 20.2. The molecule has 0 aliphatic carbocycles. The van der Waals surface area contributed by atoms with Gasteiger partial charge in [0.25, 0.3) is 11.9 Å². The lowest BCUT2D eigenvalue weighted by Crippen LogP contribution is -2.12. The van der Waals surface area contributed by atoms with Crippen LogP contribution in [0.3, 0.4) is 0 Å². The molecule has 0 fully saturated rings. The molecule has 0 atom stereocenters. The number of benzene rings is 1. The van der Waals surface area contributed by atoms with Crippen LogP contribution in [-0.2, 0) is 0 Å². The van der Waals surface area contributed by atoms with Gasteiger partial charge in [-0.05, 0) is 36.5 Å². The average Bonchev–Trinajstić information content (AvgIpc) is 3.14. The van der Waals surface area contributed by atoms with Crippen LogP contribution in [0, 0.1) is 0 Å². The van der Waals surface area contributed by atoms with Gasteiger partial charge in [0.1, 0.15) is 18.6 Å². The van der Waals surface area contributed by atoms with E-state index in [-0.39, 0.29) is 11.7 Å². The van der Waals surface area contributed by atoms with Gasteiger partial charge in [0.15, 0.2) is 5.69 Å². The Kier molecular flexibility index (Phi) is 6.36. The van der Waals surface area contributed by atoms with Crippen molar-refractivity contribution in [1.82, 2.24) is 14.9 Å². The number of ether oxygens (including phenoxy) is 1. The van der Waals surface area contributed by atoms with Gasteiger partial charge in [0.05, 0.1) is 22.6 Å². The molecule has 1 aromatic carbocycles. The van der Waals surface area contributed by atoms with Crippen LogP contribution in [0.5, 0.6) is 5.75 Å². The highest BCUT2D eigenvalue weighted by Gasteiger charge is 2.14. The van der Waals surface area contributed by atoms with E-state index in [1.807, 2.05) is 49.5 Å². The molecule has 3 aromatic rings. The largest absolute Gasteiger partial charge is 0.488 e. The van der Waals surface area contributed by atoms with Crippen molar-refractivity contribution >= 4 is 29.2 Å². The quantitative estimate of drug-likeness (QED) is 0.608. The number of carbonyl (C=O) groups is 1. The fourth-order valence-electron chi connectivity index (χ4n) is 2.39. The number of hydrogen-bond donors (Lipinski definition) is 2. The van der Waals surface area contributed by atoms with Crippen molar-refractivity contribution < 1.29 is 13.9 Å². The third-order valence-electron chi connectivity index (χ3n) is 3.75. The van der Waals surface area contributed by atoms with E-state index in [1.54, 1.807) is 18.3 Å². The number of nitrogen functional groups attached to an aromatic ring is 1. The summed E-state index contributed by atoms with van der Waals surface area (Å²) in [5.41, 5.74) is 7.37. The maximum absolute atomic E-state index is 12.3. The lowest BCUT2D eigenvalue weighted by molar-refractivity contribution is 0.102. The molecular weight excluding hydrogens is 394 g/mol. The van der Waals surface area contributed by atoms with Crippen LogP contribution in [0.1, 0.15) is 10.5 Å². The maximum Gasteiger partial charge on any atom is 0.292 e. The fourth-order valence-corrected chi connectivity index (χ4v) is 2.56. The van der Waals surface area contributed by atoms with E-state index in [1.165, 1.54) is 6.26 Å². The van der Waals surface area contributed by atoms with Crippen LogP contribution in [0.2, 0.25) is 5.02 Å². The van der Waals surface area contributed by atoms with E-state index in [9.17, 15) is 4.79 Å². The van der Waals surface area contributed by atoms with Gasteiger partial charge in [-0.25, -0.2) is 0 Å². The second-order valence-electron chi connectivity index (χ2n) is 6.26. The summed E-state index contributed by atoms with van der Waals surface area (Å²) in [5.74, 6) is 0.176. The Morgan fingerprint density at radius 2 is 2.17 bits per heavy atom. The molecule has 150 valence electrons.